The number of esters is 1. The molecule has 5 nitrogen and oxygen atoms in total. The standard InChI is InChI=1S/C21H15ClO5/c1-10(2)20-19(23)18-11(3)6-14(9-16(18)27-20)25-21(24)17-8-12-7-13(22)4-5-15(12)26-17/h4-9H,1-3H3. The van der Waals surface area contributed by atoms with E-state index in [4.69, 9.17) is 25.5 Å². The van der Waals surface area contributed by atoms with E-state index in [1.165, 1.54) is 6.07 Å². The molecule has 0 bridgehead atoms. The van der Waals surface area contributed by atoms with Crippen molar-refractivity contribution in [3.63, 3.8) is 0 Å². The van der Waals surface area contributed by atoms with Gasteiger partial charge in [-0.15, -0.1) is 0 Å². The molecule has 0 aliphatic carbocycles. The fraction of sp³-hybridized carbons (Fsp3) is 0.143. The van der Waals surface area contributed by atoms with Crippen LogP contribution in [0.4, 0.5) is 0 Å². The molecule has 0 N–H and O–H groups in total. The second-order valence-electron chi connectivity index (χ2n) is 6.56. The molecular formula is C21H15ClO5. The number of allylic oxidation sites excluding steroid dienone is 2. The van der Waals surface area contributed by atoms with Crippen LogP contribution in [-0.2, 0) is 0 Å². The first-order valence-corrected chi connectivity index (χ1v) is 8.67. The lowest BCUT2D eigenvalue weighted by Crippen LogP contribution is -2.07. The number of ketones is 1. The predicted molar refractivity (Wildman–Crippen MR) is 101 cm³/mol. The van der Waals surface area contributed by atoms with Gasteiger partial charge in [0.25, 0.3) is 0 Å². The highest BCUT2D eigenvalue weighted by Gasteiger charge is 2.31. The Morgan fingerprint density at radius 1 is 1.11 bits per heavy atom. The molecule has 0 amide bonds. The van der Waals surface area contributed by atoms with Crippen molar-refractivity contribution in [2.75, 3.05) is 0 Å². The summed E-state index contributed by atoms with van der Waals surface area (Å²) in [6, 6.07) is 9.82. The molecule has 2 heterocycles. The van der Waals surface area contributed by atoms with Gasteiger partial charge in [0.15, 0.2) is 5.76 Å². The van der Waals surface area contributed by atoms with Crippen molar-refractivity contribution in [3.8, 4) is 11.5 Å². The van der Waals surface area contributed by atoms with E-state index in [2.05, 4.69) is 0 Å². The summed E-state index contributed by atoms with van der Waals surface area (Å²) < 4.78 is 16.6. The van der Waals surface area contributed by atoms with Crippen LogP contribution < -0.4 is 9.47 Å². The Balaban J connectivity index is 1.64. The van der Waals surface area contributed by atoms with Gasteiger partial charge in [-0.1, -0.05) is 11.6 Å². The first-order valence-electron chi connectivity index (χ1n) is 8.29. The third kappa shape index (κ3) is 3.00. The van der Waals surface area contributed by atoms with Gasteiger partial charge in [-0.05, 0) is 62.2 Å². The smallest absolute Gasteiger partial charge is 0.379 e. The molecular weight excluding hydrogens is 368 g/mol. The predicted octanol–water partition coefficient (Wildman–Crippen LogP) is 5.48. The Morgan fingerprint density at radius 3 is 2.63 bits per heavy atom. The Bertz CT molecular complexity index is 1150. The first-order chi connectivity index (χ1) is 12.8. The summed E-state index contributed by atoms with van der Waals surface area (Å²) in [5.74, 6) is 0.231. The quantitative estimate of drug-likeness (QED) is 0.333. The molecule has 0 fully saturated rings. The normalized spacial score (nSPS) is 12.9. The maximum Gasteiger partial charge on any atom is 0.379 e. The molecule has 27 heavy (non-hydrogen) atoms. The van der Waals surface area contributed by atoms with Crippen molar-refractivity contribution >= 4 is 34.3 Å². The molecule has 0 saturated heterocycles. The monoisotopic (exact) mass is 382 g/mol. The summed E-state index contributed by atoms with van der Waals surface area (Å²) in [4.78, 5) is 24.9. The third-order valence-electron chi connectivity index (χ3n) is 4.26. The number of Topliss-reactive ketones (excluding diaryl/α,β-unsaturated/α-hetero) is 1. The number of fused-ring (bicyclic) bond motifs is 2. The zero-order chi connectivity index (χ0) is 19.3. The SMILES string of the molecule is CC(C)=C1Oc2cc(OC(=O)c3cc4cc(Cl)ccc4o3)cc(C)c2C1=O. The van der Waals surface area contributed by atoms with Crippen LogP contribution in [0.2, 0.25) is 5.02 Å². The number of rotatable bonds is 2. The van der Waals surface area contributed by atoms with E-state index in [0.717, 1.165) is 5.57 Å². The molecule has 2 aromatic carbocycles. The number of carbonyl (C=O) groups excluding carboxylic acids is 2. The highest BCUT2D eigenvalue weighted by atomic mass is 35.5. The molecule has 136 valence electrons. The first kappa shape index (κ1) is 17.4. The number of hydrogen-bond acceptors (Lipinski definition) is 5. The van der Waals surface area contributed by atoms with E-state index < -0.39 is 5.97 Å². The van der Waals surface area contributed by atoms with Gasteiger partial charge < -0.3 is 13.9 Å². The zero-order valence-electron chi connectivity index (χ0n) is 14.9. The molecule has 6 heteroatoms. The van der Waals surface area contributed by atoms with Crippen molar-refractivity contribution in [1.29, 1.82) is 0 Å². The van der Waals surface area contributed by atoms with Crippen molar-refractivity contribution < 1.29 is 23.5 Å². The van der Waals surface area contributed by atoms with Crippen LogP contribution >= 0.6 is 11.6 Å². The van der Waals surface area contributed by atoms with Crippen LogP contribution in [-0.4, -0.2) is 11.8 Å². The topological polar surface area (TPSA) is 65.7 Å². The lowest BCUT2D eigenvalue weighted by atomic mass is 10.0. The van der Waals surface area contributed by atoms with Crippen LogP contribution in [0.3, 0.4) is 0 Å². The second-order valence-corrected chi connectivity index (χ2v) is 6.99. The Hall–Kier alpha value is -3.05. The van der Waals surface area contributed by atoms with Crippen molar-refractivity contribution in [2.45, 2.75) is 20.8 Å². The largest absolute Gasteiger partial charge is 0.452 e. The summed E-state index contributed by atoms with van der Waals surface area (Å²) in [6.45, 7) is 5.39. The summed E-state index contributed by atoms with van der Waals surface area (Å²) in [5.41, 5.74) is 2.49. The fourth-order valence-electron chi connectivity index (χ4n) is 3.02. The number of aryl methyl sites for hydroxylation is 1. The van der Waals surface area contributed by atoms with Crippen molar-refractivity contribution in [2.24, 2.45) is 0 Å². The molecule has 0 radical (unpaired) electrons. The number of carbonyl (C=O) groups is 2. The van der Waals surface area contributed by atoms with E-state index in [-0.39, 0.29) is 17.3 Å². The Labute approximate surface area is 160 Å². The van der Waals surface area contributed by atoms with Crippen LogP contribution in [0.5, 0.6) is 11.5 Å². The van der Waals surface area contributed by atoms with Crippen LogP contribution in [0.25, 0.3) is 11.0 Å². The molecule has 3 aromatic rings. The highest BCUT2D eigenvalue weighted by Crippen LogP contribution is 2.38. The van der Waals surface area contributed by atoms with E-state index in [1.54, 1.807) is 37.3 Å². The van der Waals surface area contributed by atoms with Gasteiger partial charge in [-0.25, -0.2) is 4.79 Å². The minimum absolute atomic E-state index is 0.0624. The van der Waals surface area contributed by atoms with E-state index >= 15 is 0 Å². The van der Waals surface area contributed by atoms with Crippen LogP contribution in [0.15, 0.2) is 52.1 Å². The fourth-order valence-corrected chi connectivity index (χ4v) is 3.20. The minimum atomic E-state index is -0.645. The van der Waals surface area contributed by atoms with E-state index in [0.29, 0.717) is 38.6 Å². The van der Waals surface area contributed by atoms with Crippen LogP contribution in [0.1, 0.15) is 40.3 Å². The van der Waals surface area contributed by atoms with Crippen LogP contribution in [0, 0.1) is 6.92 Å². The van der Waals surface area contributed by atoms with Crippen molar-refractivity contribution in [1.82, 2.24) is 0 Å². The van der Waals surface area contributed by atoms with Gasteiger partial charge in [0.05, 0.1) is 5.56 Å². The summed E-state index contributed by atoms with van der Waals surface area (Å²) >= 11 is 5.95. The average molecular weight is 383 g/mol. The third-order valence-corrected chi connectivity index (χ3v) is 4.50. The zero-order valence-corrected chi connectivity index (χ0v) is 15.6. The van der Waals surface area contributed by atoms with Gasteiger partial charge in [0.1, 0.15) is 17.1 Å². The number of ether oxygens (including phenoxy) is 2. The molecule has 1 aromatic heterocycles. The molecule has 1 aliphatic heterocycles. The maximum atomic E-state index is 12.5. The van der Waals surface area contributed by atoms with E-state index in [9.17, 15) is 9.59 Å². The molecule has 1 aliphatic rings. The number of halogens is 1. The summed E-state index contributed by atoms with van der Waals surface area (Å²) in [6.07, 6.45) is 0. The molecule has 0 spiro atoms. The summed E-state index contributed by atoms with van der Waals surface area (Å²) in [5, 5.41) is 1.26. The lowest BCUT2D eigenvalue weighted by molar-refractivity contribution is 0.0703. The molecule has 0 unspecified atom stereocenters. The highest BCUT2D eigenvalue weighted by molar-refractivity contribution is 6.31. The van der Waals surface area contributed by atoms with Gasteiger partial charge in [0.2, 0.25) is 11.5 Å². The molecule has 4 rings (SSSR count). The molecule has 0 atom stereocenters. The van der Waals surface area contributed by atoms with Gasteiger partial charge in [-0.3, -0.25) is 4.79 Å². The number of furan rings is 1. The molecule has 0 saturated carbocycles. The Morgan fingerprint density at radius 2 is 1.89 bits per heavy atom. The van der Waals surface area contributed by atoms with Crippen molar-refractivity contribution in [3.05, 3.63) is 69.6 Å². The lowest BCUT2D eigenvalue weighted by Gasteiger charge is -2.06. The van der Waals surface area contributed by atoms with Gasteiger partial charge in [-0.2, -0.15) is 0 Å². The average Bonchev–Trinajstić information content (AvgIpc) is 3.16. The number of benzene rings is 2. The minimum Gasteiger partial charge on any atom is -0.452 e. The number of hydrogen-bond donors (Lipinski definition) is 0. The van der Waals surface area contributed by atoms with Gasteiger partial charge >= 0.3 is 5.97 Å². The van der Waals surface area contributed by atoms with E-state index in [1.807, 2.05) is 13.8 Å². The summed E-state index contributed by atoms with van der Waals surface area (Å²) in [7, 11) is 0. The second kappa shape index (κ2) is 6.28. The van der Waals surface area contributed by atoms with Gasteiger partial charge in [0, 0.05) is 16.5 Å². The maximum absolute atomic E-state index is 12.5. The Kier molecular flexibility index (Phi) is 4.04.